The Labute approximate surface area is 111 Å². The minimum Gasteiger partial charge on any atom is -0.392 e. The summed E-state index contributed by atoms with van der Waals surface area (Å²) in [6.45, 7) is 0. The van der Waals surface area contributed by atoms with E-state index in [1.165, 1.54) is 11.1 Å². The second kappa shape index (κ2) is 4.71. The Morgan fingerprint density at radius 1 is 1.33 bits per heavy atom. The summed E-state index contributed by atoms with van der Waals surface area (Å²) in [6, 6.07) is 10.2. The van der Waals surface area contributed by atoms with Crippen LogP contribution in [0.3, 0.4) is 0 Å². The SMILES string of the molecule is OC(Cc1ccncc1Cl)C1Cc2ccccc21. The summed E-state index contributed by atoms with van der Waals surface area (Å²) in [7, 11) is 0. The van der Waals surface area contributed by atoms with Gasteiger partial charge in [0.25, 0.3) is 0 Å². The minimum absolute atomic E-state index is 0.241. The number of aliphatic hydroxyl groups excluding tert-OH is 1. The van der Waals surface area contributed by atoms with Crippen molar-refractivity contribution < 1.29 is 5.11 Å². The van der Waals surface area contributed by atoms with Gasteiger partial charge in [0, 0.05) is 24.7 Å². The highest BCUT2D eigenvalue weighted by molar-refractivity contribution is 6.31. The molecule has 0 amide bonds. The van der Waals surface area contributed by atoms with E-state index in [4.69, 9.17) is 11.6 Å². The van der Waals surface area contributed by atoms with Crippen molar-refractivity contribution in [3.05, 3.63) is 64.4 Å². The molecule has 92 valence electrons. The summed E-state index contributed by atoms with van der Waals surface area (Å²) < 4.78 is 0. The second-order valence-corrected chi connectivity index (χ2v) is 5.16. The molecule has 0 saturated heterocycles. The molecule has 0 fully saturated rings. The molecule has 0 bridgehead atoms. The van der Waals surface area contributed by atoms with Crippen LogP contribution in [0, 0.1) is 0 Å². The van der Waals surface area contributed by atoms with E-state index in [0.29, 0.717) is 11.4 Å². The van der Waals surface area contributed by atoms with Crippen LogP contribution in [-0.4, -0.2) is 16.2 Å². The number of pyridine rings is 1. The van der Waals surface area contributed by atoms with Crippen LogP contribution >= 0.6 is 11.6 Å². The van der Waals surface area contributed by atoms with E-state index < -0.39 is 0 Å². The molecule has 1 N–H and O–H groups in total. The minimum atomic E-state index is -0.375. The number of fused-ring (bicyclic) bond motifs is 1. The van der Waals surface area contributed by atoms with Gasteiger partial charge >= 0.3 is 0 Å². The number of aliphatic hydroxyl groups is 1. The topological polar surface area (TPSA) is 33.1 Å². The smallest absolute Gasteiger partial charge is 0.0652 e. The Morgan fingerprint density at radius 2 is 2.17 bits per heavy atom. The van der Waals surface area contributed by atoms with Gasteiger partial charge in [-0.05, 0) is 29.2 Å². The van der Waals surface area contributed by atoms with Gasteiger partial charge in [-0.3, -0.25) is 4.98 Å². The molecule has 2 atom stereocenters. The summed E-state index contributed by atoms with van der Waals surface area (Å²) in [5.74, 6) is 0.241. The first-order chi connectivity index (χ1) is 8.75. The van der Waals surface area contributed by atoms with Crippen LogP contribution in [0.2, 0.25) is 5.02 Å². The molecule has 1 aromatic heterocycles. The van der Waals surface area contributed by atoms with Gasteiger partial charge in [-0.2, -0.15) is 0 Å². The van der Waals surface area contributed by atoms with E-state index in [-0.39, 0.29) is 12.0 Å². The second-order valence-electron chi connectivity index (χ2n) is 4.75. The van der Waals surface area contributed by atoms with Gasteiger partial charge in [-0.1, -0.05) is 35.9 Å². The third-order valence-electron chi connectivity index (χ3n) is 3.64. The fraction of sp³-hybridized carbons (Fsp3) is 0.267. The molecule has 2 unspecified atom stereocenters. The highest BCUT2D eigenvalue weighted by Gasteiger charge is 2.31. The van der Waals surface area contributed by atoms with Crippen molar-refractivity contribution in [3.63, 3.8) is 0 Å². The number of rotatable bonds is 3. The van der Waals surface area contributed by atoms with Crippen LogP contribution in [0.25, 0.3) is 0 Å². The fourth-order valence-corrected chi connectivity index (χ4v) is 2.77. The molecule has 1 aliphatic rings. The maximum Gasteiger partial charge on any atom is 0.0652 e. The monoisotopic (exact) mass is 259 g/mol. The van der Waals surface area contributed by atoms with Crippen LogP contribution in [0.4, 0.5) is 0 Å². The Kier molecular flexibility index (Phi) is 3.06. The number of aromatic nitrogens is 1. The molecule has 2 nitrogen and oxygen atoms in total. The molecule has 2 aromatic rings. The maximum absolute atomic E-state index is 10.3. The molecule has 18 heavy (non-hydrogen) atoms. The summed E-state index contributed by atoms with van der Waals surface area (Å²) in [6.07, 6.45) is 4.50. The zero-order chi connectivity index (χ0) is 12.5. The van der Waals surface area contributed by atoms with Crippen LogP contribution in [-0.2, 0) is 12.8 Å². The average Bonchev–Trinajstić information content (AvgIpc) is 2.34. The highest BCUT2D eigenvalue weighted by Crippen LogP contribution is 2.38. The lowest BCUT2D eigenvalue weighted by Crippen LogP contribution is -2.30. The number of nitrogens with zero attached hydrogens (tertiary/aromatic N) is 1. The highest BCUT2D eigenvalue weighted by atomic mass is 35.5. The standard InChI is InChI=1S/C15H14ClNO/c16-14-9-17-6-5-11(14)8-15(18)13-7-10-3-1-2-4-12(10)13/h1-6,9,13,15,18H,7-8H2. The number of halogens is 1. The Bertz CT molecular complexity index is 570. The fourth-order valence-electron chi connectivity index (χ4n) is 2.58. The van der Waals surface area contributed by atoms with Crippen LogP contribution in [0.5, 0.6) is 0 Å². The molecule has 0 radical (unpaired) electrons. The van der Waals surface area contributed by atoms with Crippen molar-refractivity contribution in [2.75, 3.05) is 0 Å². The molecule has 0 saturated carbocycles. The normalized spacial score (nSPS) is 18.9. The zero-order valence-corrected chi connectivity index (χ0v) is 10.6. The van der Waals surface area contributed by atoms with Gasteiger partial charge in [0.15, 0.2) is 0 Å². The Hall–Kier alpha value is -1.38. The number of hydrogen-bond acceptors (Lipinski definition) is 2. The molecule has 3 rings (SSSR count). The van der Waals surface area contributed by atoms with E-state index in [0.717, 1.165) is 12.0 Å². The largest absolute Gasteiger partial charge is 0.392 e. The van der Waals surface area contributed by atoms with Crippen molar-refractivity contribution in [2.24, 2.45) is 0 Å². The van der Waals surface area contributed by atoms with Gasteiger partial charge < -0.3 is 5.11 Å². The summed E-state index contributed by atoms with van der Waals surface area (Å²) in [5.41, 5.74) is 3.58. The lowest BCUT2D eigenvalue weighted by molar-refractivity contribution is 0.133. The van der Waals surface area contributed by atoms with E-state index in [1.54, 1.807) is 12.4 Å². The number of benzene rings is 1. The third kappa shape index (κ3) is 2.02. The molecule has 0 spiro atoms. The lowest BCUT2D eigenvalue weighted by atomic mass is 9.73. The average molecular weight is 260 g/mol. The molecule has 1 heterocycles. The van der Waals surface area contributed by atoms with Gasteiger partial charge in [0.05, 0.1) is 11.1 Å². The van der Waals surface area contributed by atoms with Gasteiger partial charge in [0.1, 0.15) is 0 Å². The summed E-state index contributed by atoms with van der Waals surface area (Å²) in [4.78, 5) is 3.95. The maximum atomic E-state index is 10.3. The first-order valence-electron chi connectivity index (χ1n) is 6.10. The van der Waals surface area contributed by atoms with Crippen molar-refractivity contribution in [2.45, 2.75) is 24.9 Å². The summed E-state index contributed by atoms with van der Waals surface area (Å²) in [5, 5.41) is 10.9. The quantitative estimate of drug-likeness (QED) is 0.919. The Morgan fingerprint density at radius 3 is 2.94 bits per heavy atom. The van der Waals surface area contributed by atoms with Crippen molar-refractivity contribution in [1.29, 1.82) is 0 Å². The van der Waals surface area contributed by atoms with Crippen molar-refractivity contribution in [3.8, 4) is 0 Å². The van der Waals surface area contributed by atoms with Gasteiger partial charge in [0.2, 0.25) is 0 Å². The molecule has 3 heteroatoms. The van der Waals surface area contributed by atoms with Crippen LogP contribution < -0.4 is 0 Å². The molecular formula is C15H14ClNO. The predicted octanol–water partition coefficient (Wildman–Crippen LogP) is 2.98. The third-order valence-corrected chi connectivity index (χ3v) is 3.98. The predicted molar refractivity (Wildman–Crippen MR) is 71.8 cm³/mol. The first kappa shape index (κ1) is 11.7. The van der Waals surface area contributed by atoms with E-state index in [2.05, 4.69) is 17.1 Å². The zero-order valence-electron chi connectivity index (χ0n) is 9.88. The first-order valence-corrected chi connectivity index (χ1v) is 6.48. The van der Waals surface area contributed by atoms with E-state index in [9.17, 15) is 5.11 Å². The van der Waals surface area contributed by atoms with Crippen LogP contribution in [0.15, 0.2) is 42.7 Å². The molecule has 1 aliphatic carbocycles. The van der Waals surface area contributed by atoms with Gasteiger partial charge in [-0.15, -0.1) is 0 Å². The van der Waals surface area contributed by atoms with E-state index >= 15 is 0 Å². The summed E-state index contributed by atoms with van der Waals surface area (Å²) >= 11 is 6.06. The molecular weight excluding hydrogens is 246 g/mol. The van der Waals surface area contributed by atoms with Gasteiger partial charge in [-0.25, -0.2) is 0 Å². The number of hydrogen-bond donors (Lipinski definition) is 1. The van der Waals surface area contributed by atoms with Crippen molar-refractivity contribution in [1.82, 2.24) is 4.98 Å². The molecule has 0 aliphatic heterocycles. The lowest BCUT2D eigenvalue weighted by Gasteiger charge is -2.34. The van der Waals surface area contributed by atoms with E-state index in [1.807, 2.05) is 18.2 Å². The molecule has 1 aromatic carbocycles. The van der Waals surface area contributed by atoms with Crippen molar-refractivity contribution >= 4 is 11.6 Å². The van der Waals surface area contributed by atoms with Crippen LogP contribution in [0.1, 0.15) is 22.6 Å². The Balaban J connectivity index is 1.75.